The van der Waals surface area contributed by atoms with Crippen molar-refractivity contribution in [3.63, 3.8) is 0 Å². The van der Waals surface area contributed by atoms with Crippen molar-refractivity contribution in [2.75, 3.05) is 18.5 Å². The lowest BCUT2D eigenvalue weighted by atomic mass is 10.0. The van der Waals surface area contributed by atoms with Gasteiger partial charge >= 0.3 is 0 Å². The van der Waals surface area contributed by atoms with E-state index in [9.17, 15) is 9.50 Å². The van der Waals surface area contributed by atoms with Crippen LogP contribution in [-0.4, -0.2) is 30.3 Å². The Morgan fingerprint density at radius 1 is 1.15 bits per heavy atom. The number of hydrogen-bond acceptors (Lipinski definition) is 3. The van der Waals surface area contributed by atoms with Crippen LogP contribution >= 0.6 is 0 Å². The minimum Gasteiger partial charge on any atom is -0.491 e. The summed E-state index contributed by atoms with van der Waals surface area (Å²) in [5.41, 5.74) is 9.29. The van der Waals surface area contributed by atoms with Crippen molar-refractivity contribution in [3.05, 3.63) is 59.4 Å². The Kier molecular flexibility index (Phi) is 7.41. The first-order chi connectivity index (χ1) is 12.5. The summed E-state index contributed by atoms with van der Waals surface area (Å²) in [5, 5.41) is 13.1. The summed E-state index contributed by atoms with van der Waals surface area (Å²) in [6.07, 6.45) is 0.960. The van der Waals surface area contributed by atoms with Crippen molar-refractivity contribution in [1.29, 1.82) is 0 Å². The number of anilines is 1. The molecule has 0 spiro atoms. The van der Waals surface area contributed by atoms with Gasteiger partial charge in [0, 0.05) is 5.69 Å². The number of hydrogen-bond donors (Lipinski definition) is 3. The number of aliphatic imine (C=N–C) groups is 1. The number of guanidine groups is 1. The molecule has 0 saturated carbocycles. The van der Waals surface area contributed by atoms with E-state index in [1.165, 1.54) is 35.4 Å². The summed E-state index contributed by atoms with van der Waals surface area (Å²) in [4.78, 5) is 4.19. The van der Waals surface area contributed by atoms with Gasteiger partial charge in [0.15, 0.2) is 5.96 Å². The van der Waals surface area contributed by atoms with E-state index < -0.39 is 6.10 Å². The van der Waals surface area contributed by atoms with Gasteiger partial charge < -0.3 is 20.9 Å². The molecule has 0 aromatic heterocycles. The molecule has 2 rings (SSSR count). The molecule has 2 aromatic carbocycles. The van der Waals surface area contributed by atoms with Crippen LogP contribution in [0.4, 0.5) is 10.1 Å². The molecule has 0 radical (unpaired) electrons. The highest BCUT2D eigenvalue weighted by Gasteiger charge is 2.09. The van der Waals surface area contributed by atoms with E-state index in [4.69, 9.17) is 10.5 Å². The molecule has 0 amide bonds. The fraction of sp³-hybridized carbons (Fsp3) is 0.350. The Bertz CT molecular complexity index is 710. The molecule has 5 nitrogen and oxygen atoms in total. The van der Waals surface area contributed by atoms with Gasteiger partial charge in [-0.1, -0.05) is 32.0 Å². The van der Waals surface area contributed by atoms with Gasteiger partial charge in [-0.05, 0) is 48.2 Å². The number of nitrogens with one attached hydrogen (secondary N) is 1. The normalized spacial score (nSPS) is 12.7. The van der Waals surface area contributed by atoms with Crippen LogP contribution in [0, 0.1) is 5.82 Å². The first-order valence-corrected chi connectivity index (χ1v) is 8.77. The number of nitrogens with zero attached hydrogens (tertiary/aromatic N) is 1. The molecule has 0 saturated heterocycles. The molecular formula is C20H26FN3O2. The molecule has 0 aliphatic heterocycles. The lowest BCUT2D eigenvalue weighted by Gasteiger charge is -2.15. The van der Waals surface area contributed by atoms with Gasteiger partial charge in [0.05, 0.1) is 6.54 Å². The van der Waals surface area contributed by atoms with Crippen LogP contribution in [0.1, 0.15) is 25.0 Å². The highest BCUT2D eigenvalue weighted by Crippen LogP contribution is 2.22. The van der Waals surface area contributed by atoms with E-state index in [2.05, 4.69) is 36.3 Å². The molecule has 2 aromatic rings. The second-order valence-corrected chi connectivity index (χ2v) is 5.93. The zero-order chi connectivity index (χ0) is 18.9. The average Bonchev–Trinajstić information content (AvgIpc) is 2.66. The average molecular weight is 359 g/mol. The number of nitrogens with two attached hydrogens (primary N) is 1. The maximum absolute atomic E-state index is 12.8. The standard InChI is InChI=1S/C20H26FN3O2/c1-3-14-6-5-7-15(4-2)19(14)24-20(22)23-12-17(25)13-26-18-10-8-16(21)9-11-18/h5-11,17,25H,3-4,12-13H2,1-2H3,(H3,22,23,24). The Morgan fingerprint density at radius 2 is 1.77 bits per heavy atom. The van der Waals surface area contributed by atoms with E-state index >= 15 is 0 Å². The minimum atomic E-state index is -0.813. The Morgan fingerprint density at radius 3 is 2.35 bits per heavy atom. The summed E-state index contributed by atoms with van der Waals surface area (Å²) < 4.78 is 18.2. The maximum atomic E-state index is 12.8. The molecule has 1 unspecified atom stereocenters. The fourth-order valence-electron chi connectivity index (χ4n) is 2.55. The van der Waals surface area contributed by atoms with Crippen molar-refractivity contribution in [3.8, 4) is 5.75 Å². The predicted octanol–water partition coefficient (Wildman–Crippen LogP) is 3.12. The monoisotopic (exact) mass is 359 g/mol. The van der Waals surface area contributed by atoms with Crippen molar-refractivity contribution in [2.45, 2.75) is 32.8 Å². The SMILES string of the molecule is CCc1cccc(CC)c1NC(N)=NCC(O)COc1ccc(F)cc1. The maximum Gasteiger partial charge on any atom is 0.193 e. The third-order valence-electron chi connectivity index (χ3n) is 3.98. The van der Waals surface area contributed by atoms with E-state index in [0.717, 1.165) is 18.5 Å². The van der Waals surface area contributed by atoms with Crippen molar-refractivity contribution < 1.29 is 14.2 Å². The zero-order valence-electron chi connectivity index (χ0n) is 15.2. The fourth-order valence-corrected chi connectivity index (χ4v) is 2.55. The molecule has 0 heterocycles. The Labute approximate surface area is 153 Å². The number of aliphatic hydroxyl groups is 1. The van der Waals surface area contributed by atoms with Gasteiger partial charge in [-0.3, -0.25) is 4.99 Å². The number of halogens is 1. The summed E-state index contributed by atoms with van der Waals surface area (Å²) in [6.45, 7) is 4.33. The quantitative estimate of drug-likeness (QED) is 0.500. The van der Waals surface area contributed by atoms with Crippen LogP contribution < -0.4 is 15.8 Å². The topological polar surface area (TPSA) is 79.9 Å². The molecule has 26 heavy (non-hydrogen) atoms. The van der Waals surface area contributed by atoms with Crippen LogP contribution in [0.2, 0.25) is 0 Å². The minimum absolute atomic E-state index is 0.0498. The van der Waals surface area contributed by atoms with Gasteiger partial charge in [0.2, 0.25) is 0 Å². The molecule has 0 bridgehead atoms. The number of rotatable bonds is 8. The summed E-state index contributed by atoms with van der Waals surface area (Å²) in [7, 11) is 0. The van der Waals surface area contributed by atoms with E-state index in [-0.39, 0.29) is 24.9 Å². The largest absolute Gasteiger partial charge is 0.491 e. The lowest BCUT2D eigenvalue weighted by Crippen LogP contribution is -2.28. The van der Waals surface area contributed by atoms with E-state index in [1.807, 2.05) is 6.07 Å². The third-order valence-corrected chi connectivity index (χ3v) is 3.98. The smallest absolute Gasteiger partial charge is 0.193 e. The molecule has 6 heteroatoms. The van der Waals surface area contributed by atoms with Gasteiger partial charge in [0.1, 0.15) is 24.3 Å². The second-order valence-electron chi connectivity index (χ2n) is 5.93. The molecule has 0 aliphatic carbocycles. The Balaban J connectivity index is 1.90. The van der Waals surface area contributed by atoms with Gasteiger partial charge in [-0.2, -0.15) is 0 Å². The Hall–Kier alpha value is -2.60. The molecular weight excluding hydrogens is 333 g/mol. The molecule has 0 aliphatic rings. The summed E-state index contributed by atoms with van der Waals surface area (Å²) >= 11 is 0. The van der Waals surface area contributed by atoms with Crippen LogP contribution in [0.5, 0.6) is 5.75 Å². The van der Waals surface area contributed by atoms with Crippen molar-refractivity contribution in [2.24, 2.45) is 10.7 Å². The lowest BCUT2D eigenvalue weighted by molar-refractivity contribution is 0.114. The van der Waals surface area contributed by atoms with Crippen LogP contribution in [0.25, 0.3) is 0 Å². The number of aryl methyl sites for hydroxylation is 2. The number of ether oxygens (including phenoxy) is 1. The van der Waals surface area contributed by atoms with E-state index in [0.29, 0.717) is 5.75 Å². The van der Waals surface area contributed by atoms with Crippen molar-refractivity contribution in [1.82, 2.24) is 0 Å². The molecule has 4 N–H and O–H groups in total. The highest BCUT2D eigenvalue weighted by molar-refractivity contribution is 5.93. The zero-order valence-corrected chi connectivity index (χ0v) is 15.2. The van der Waals surface area contributed by atoms with Crippen molar-refractivity contribution >= 4 is 11.6 Å². The van der Waals surface area contributed by atoms with Crippen LogP contribution in [0.15, 0.2) is 47.5 Å². The number of aliphatic hydroxyl groups excluding tert-OH is 1. The van der Waals surface area contributed by atoms with Gasteiger partial charge in [0.25, 0.3) is 0 Å². The van der Waals surface area contributed by atoms with Gasteiger partial charge in [-0.25, -0.2) is 4.39 Å². The third kappa shape index (κ3) is 5.74. The predicted molar refractivity (Wildman–Crippen MR) is 103 cm³/mol. The van der Waals surface area contributed by atoms with Gasteiger partial charge in [-0.15, -0.1) is 0 Å². The van der Waals surface area contributed by atoms with Crippen LogP contribution in [-0.2, 0) is 12.8 Å². The summed E-state index contributed by atoms with van der Waals surface area (Å²) in [6, 6.07) is 11.8. The first-order valence-electron chi connectivity index (χ1n) is 8.77. The van der Waals surface area contributed by atoms with Crippen LogP contribution in [0.3, 0.4) is 0 Å². The second kappa shape index (κ2) is 9.77. The molecule has 0 fully saturated rings. The number of benzene rings is 2. The summed E-state index contributed by atoms with van der Waals surface area (Å²) in [5.74, 6) is 0.409. The highest BCUT2D eigenvalue weighted by atomic mass is 19.1. The number of para-hydroxylation sites is 1. The molecule has 1 atom stereocenters. The first kappa shape index (κ1) is 19.7. The molecule has 140 valence electrons. The van der Waals surface area contributed by atoms with E-state index in [1.54, 1.807) is 0 Å².